The van der Waals surface area contributed by atoms with Gasteiger partial charge in [-0.3, -0.25) is 14.9 Å². The lowest BCUT2D eigenvalue weighted by Crippen LogP contribution is -2.08. The van der Waals surface area contributed by atoms with E-state index in [0.717, 1.165) is 17.7 Å². The molecule has 22 heavy (non-hydrogen) atoms. The van der Waals surface area contributed by atoms with Gasteiger partial charge in [0, 0.05) is 29.6 Å². The summed E-state index contributed by atoms with van der Waals surface area (Å²) in [6.07, 6.45) is 2.83. The van der Waals surface area contributed by atoms with Crippen molar-refractivity contribution in [2.24, 2.45) is 0 Å². The largest absolute Gasteiger partial charge is 0.399 e. The molecule has 7 heteroatoms. The van der Waals surface area contributed by atoms with Crippen molar-refractivity contribution >= 4 is 29.0 Å². The summed E-state index contributed by atoms with van der Waals surface area (Å²) < 4.78 is 13.4. The second-order valence-corrected chi connectivity index (χ2v) is 4.41. The van der Waals surface area contributed by atoms with Crippen molar-refractivity contribution < 1.29 is 14.1 Å². The summed E-state index contributed by atoms with van der Waals surface area (Å²) in [5.41, 5.74) is 6.43. The first-order valence-corrected chi connectivity index (χ1v) is 6.24. The van der Waals surface area contributed by atoms with Crippen molar-refractivity contribution in [3.8, 4) is 0 Å². The SMILES string of the molecule is Nc1ccc(/C=C/C(=O)Nc2ccc([N+](=O)[O-])c(F)c2)cc1. The summed E-state index contributed by atoms with van der Waals surface area (Å²) in [7, 11) is 0. The molecule has 0 saturated heterocycles. The fourth-order valence-electron chi connectivity index (χ4n) is 1.70. The van der Waals surface area contributed by atoms with Crippen molar-refractivity contribution in [2.45, 2.75) is 0 Å². The van der Waals surface area contributed by atoms with Gasteiger partial charge in [-0.1, -0.05) is 12.1 Å². The monoisotopic (exact) mass is 301 g/mol. The van der Waals surface area contributed by atoms with Gasteiger partial charge in [0.1, 0.15) is 0 Å². The average molecular weight is 301 g/mol. The summed E-state index contributed by atoms with van der Waals surface area (Å²) in [4.78, 5) is 21.4. The molecule has 1 amide bonds. The molecule has 3 N–H and O–H groups in total. The van der Waals surface area contributed by atoms with Gasteiger partial charge in [-0.2, -0.15) is 4.39 Å². The Labute approximate surface area is 125 Å². The Balaban J connectivity index is 2.04. The molecule has 0 aliphatic rings. The van der Waals surface area contributed by atoms with Crippen LogP contribution >= 0.6 is 0 Å². The number of nitrogens with two attached hydrogens (primary N) is 1. The maximum absolute atomic E-state index is 13.4. The highest BCUT2D eigenvalue weighted by atomic mass is 19.1. The molecular weight excluding hydrogens is 289 g/mol. The van der Waals surface area contributed by atoms with Crippen LogP contribution in [0.4, 0.5) is 21.5 Å². The fraction of sp³-hybridized carbons (Fsp3) is 0. The number of amides is 1. The molecule has 0 aliphatic heterocycles. The molecule has 0 spiro atoms. The molecule has 0 aliphatic carbocycles. The molecule has 0 atom stereocenters. The number of rotatable bonds is 4. The van der Waals surface area contributed by atoms with Gasteiger partial charge in [-0.15, -0.1) is 0 Å². The van der Waals surface area contributed by atoms with Crippen molar-refractivity contribution in [3.63, 3.8) is 0 Å². The normalized spacial score (nSPS) is 10.6. The lowest BCUT2D eigenvalue weighted by atomic mass is 10.2. The first-order chi connectivity index (χ1) is 10.5. The zero-order valence-electron chi connectivity index (χ0n) is 11.3. The average Bonchev–Trinajstić information content (AvgIpc) is 2.46. The Morgan fingerprint density at radius 3 is 2.50 bits per heavy atom. The van der Waals surface area contributed by atoms with E-state index in [1.807, 2.05) is 0 Å². The van der Waals surface area contributed by atoms with Gasteiger partial charge in [0.2, 0.25) is 11.7 Å². The first kappa shape index (κ1) is 15.2. The number of anilines is 2. The molecule has 0 fully saturated rings. The minimum Gasteiger partial charge on any atom is -0.399 e. The van der Waals surface area contributed by atoms with E-state index in [2.05, 4.69) is 5.32 Å². The van der Waals surface area contributed by atoms with Crippen LogP contribution in [0, 0.1) is 15.9 Å². The number of nitrogens with zero attached hydrogens (tertiary/aromatic N) is 1. The maximum Gasteiger partial charge on any atom is 0.304 e. The summed E-state index contributed by atoms with van der Waals surface area (Å²) >= 11 is 0. The van der Waals surface area contributed by atoms with E-state index in [4.69, 9.17) is 5.73 Å². The van der Waals surface area contributed by atoms with Crippen LogP contribution in [0.25, 0.3) is 6.08 Å². The van der Waals surface area contributed by atoms with Gasteiger partial charge in [-0.05, 0) is 29.8 Å². The Hall–Kier alpha value is -3.22. The van der Waals surface area contributed by atoms with Gasteiger partial charge < -0.3 is 11.1 Å². The van der Waals surface area contributed by atoms with Crippen LogP contribution in [0.5, 0.6) is 0 Å². The molecule has 0 radical (unpaired) electrons. The second kappa shape index (κ2) is 6.49. The maximum atomic E-state index is 13.4. The van der Waals surface area contributed by atoms with Crippen LogP contribution in [0.2, 0.25) is 0 Å². The van der Waals surface area contributed by atoms with Crippen LogP contribution < -0.4 is 11.1 Å². The molecule has 2 aromatic rings. The number of nitrogen functional groups attached to an aromatic ring is 1. The topological polar surface area (TPSA) is 98.3 Å². The fourth-order valence-corrected chi connectivity index (χ4v) is 1.70. The summed E-state index contributed by atoms with van der Waals surface area (Å²) in [5.74, 6) is -1.49. The van der Waals surface area contributed by atoms with Gasteiger partial charge in [-0.25, -0.2) is 0 Å². The first-order valence-electron chi connectivity index (χ1n) is 6.24. The van der Waals surface area contributed by atoms with E-state index in [-0.39, 0.29) is 5.69 Å². The van der Waals surface area contributed by atoms with E-state index in [1.54, 1.807) is 30.3 Å². The van der Waals surface area contributed by atoms with Gasteiger partial charge in [0.25, 0.3) is 0 Å². The van der Waals surface area contributed by atoms with Crippen LogP contribution in [0.15, 0.2) is 48.5 Å². The highest BCUT2D eigenvalue weighted by Crippen LogP contribution is 2.20. The number of hydrogen-bond acceptors (Lipinski definition) is 4. The predicted molar refractivity (Wildman–Crippen MR) is 81.6 cm³/mol. The third-order valence-corrected chi connectivity index (χ3v) is 2.78. The molecule has 0 unspecified atom stereocenters. The molecule has 0 saturated carbocycles. The standard InChI is InChI=1S/C15H12FN3O3/c16-13-9-12(6-7-14(13)19(21)22)18-15(20)8-3-10-1-4-11(17)5-2-10/h1-9H,17H2,(H,18,20)/b8-3+. The molecule has 0 heterocycles. The van der Waals surface area contributed by atoms with Crippen LogP contribution in [-0.2, 0) is 4.79 Å². The molecule has 6 nitrogen and oxygen atoms in total. The van der Waals surface area contributed by atoms with Crippen LogP contribution in [-0.4, -0.2) is 10.8 Å². The zero-order chi connectivity index (χ0) is 16.1. The molecule has 0 bridgehead atoms. The smallest absolute Gasteiger partial charge is 0.304 e. The van der Waals surface area contributed by atoms with Crippen molar-refractivity contribution in [3.05, 3.63) is 70.0 Å². The number of carbonyl (C=O) groups is 1. The Kier molecular flexibility index (Phi) is 4.47. The van der Waals surface area contributed by atoms with Crippen molar-refractivity contribution in [2.75, 3.05) is 11.1 Å². The van der Waals surface area contributed by atoms with Gasteiger partial charge in [0.05, 0.1) is 4.92 Å². The molecule has 2 rings (SSSR count). The lowest BCUT2D eigenvalue weighted by molar-refractivity contribution is -0.387. The third-order valence-electron chi connectivity index (χ3n) is 2.78. The Morgan fingerprint density at radius 1 is 1.23 bits per heavy atom. The number of halogens is 1. The highest BCUT2D eigenvalue weighted by Gasteiger charge is 2.14. The third kappa shape index (κ3) is 3.89. The zero-order valence-corrected chi connectivity index (χ0v) is 11.3. The number of nitro groups is 1. The van der Waals surface area contributed by atoms with E-state index in [9.17, 15) is 19.3 Å². The number of hydrogen-bond donors (Lipinski definition) is 2. The van der Waals surface area contributed by atoms with E-state index < -0.39 is 22.3 Å². The lowest BCUT2D eigenvalue weighted by Gasteiger charge is -2.02. The predicted octanol–water partition coefficient (Wildman–Crippen LogP) is 2.97. The molecule has 112 valence electrons. The van der Waals surface area contributed by atoms with Crippen LogP contribution in [0.3, 0.4) is 0 Å². The van der Waals surface area contributed by atoms with Crippen LogP contribution in [0.1, 0.15) is 5.56 Å². The second-order valence-electron chi connectivity index (χ2n) is 4.41. The minimum atomic E-state index is -1.01. The summed E-state index contributed by atoms with van der Waals surface area (Å²) in [6, 6.07) is 10.0. The number of benzene rings is 2. The molecule has 2 aromatic carbocycles. The molecule has 0 aromatic heterocycles. The highest BCUT2D eigenvalue weighted by molar-refractivity contribution is 6.02. The minimum absolute atomic E-state index is 0.134. The van der Waals surface area contributed by atoms with Gasteiger partial charge >= 0.3 is 5.69 Å². The van der Waals surface area contributed by atoms with E-state index >= 15 is 0 Å². The van der Waals surface area contributed by atoms with Crippen molar-refractivity contribution in [1.82, 2.24) is 0 Å². The van der Waals surface area contributed by atoms with Gasteiger partial charge in [0.15, 0.2) is 0 Å². The van der Waals surface area contributed by atoms with E-state index in [0.29, 0.717) is 5.69 Å². The Bertz CT molecular complexity index is 742. The summed E-state index contributed by atoms with van der Waals surface area (Å²) in [6.45, 7) is 0. The number of nitro benzene ring substituents is 1. The number of nitrogens with one attached hydrogen (secondary N) is 1. The Morgan fingerprint density at radius 2 is 1.91 bits per heavy atom. The van der Waals surface area contributed by atoms with Crippen molar-refractivity contribution in [1.29, 1.82) is 0 Å². The number of carbonyl (C=O) groups excluding carboxylic acids is 1. The molecular formula is C15H12FN3O3. The summed E-state index contributed by atoms with van der Waals surface area (Å²) in [5, 5.41) is 12.9. The quantitative estimate of drug-likeness (QED) is 0.392. The van der Waals surface area contributed by atoms with E-state index in [1.165, 1.54) is 12.1 Å².